The number of nitrogens with two attached hydrogens (primary N) is 1. The Bertz CT molecular complexity index is 433. The smallest absolute Gasteiger partial charge is 0.0798 e. The number of anilines is 2. The molecule has 0 amide bonds. The van der Waals surface area contributed by atoms with Gasteiger partial charge in [-0.15, -0.1) is 11.3 Å². The van der Waals surface area contributed by atoms with Gasteiger partial charge in [-0.1, -0.05) is 0 Å². The Labute approximate surface area is 93.0 Å². The molecule has 3 N–H and O–H groups in total. The molecule has 0 atom stereocenters. The summed E-state index contributed by atoms with van der Waals surface area (Å²) in [5.41, 5.74) is 10.4. The van der Waals surface area contributed by atoms with Crippen molar-refractivity contribution in [1.82, 2.24) is 4.98 Å². The zero-order valence-electron chi connectivity index (χ0n) is 8.53. The van der Waals surface area contributed by atoms with Gasteiger partial charge in [0, 0.05) is 16.3 Å². The maximum absolute atomic E-state index is 5.61. The van der Waals surface area contributed by atoms with Gasteiger partial charge in [0.1, 0.15) is 0 Å². The molecule has 0 aliphatic carbocycles. The largest absolute Gasteiger partial charge is 0.399 e. The van der Waals surface area contributed by atoms with E-state index in [9.17, 15) is 0 Å². The standard InChI is InChI=1S/C11H13N3S/c1-8-11(15-7-14-8)6-13-10-4-2-9(12)3-5-10/h2-5,7,13H,6,12H2,1H3. The lowest BCUT2D eigenvalue weighted by Crippen LogP contribution is -1.99. The van der Waals surface area contributed by atoms with E-state index in [-0.39, 0.29) is 0 Å². The molecule has 1 heterocycles. The summed E-state index contributed by atoms with van der Waals surface area (Å²) in [6.45, 7) is 2.84. The van der Waals surface area contributed by atoms with Crippen LogP contribution in [-0.2, 0) is 6.54 Å². The molecule has 0 saturated heterocycles. The number of nitrogen functional groups attached to an aromatic ring is 1. The van der Waals surface area contributed by atoms with Crippen molar-refractivity contribution in [2.45, 2.75) is 13.5 Å². The zero-order valence-corrected chi connectivity index (χ0v) is 9.34. The molecule has 15 heavy (non-hydrogen) atoms. The molecule has 0 unspecified atom stereocenters. The third-order valence-electron chi connectivity index (χ3n) is 2.21. The van der Waals surface area contributed by atoms with E-state index in [0.29, 0.717) is 0 Å². The van der Waals surface area contributed by atoms with E-state index in [0.717, 1.165) is 23.6 Å². The lowest BCUT2D eigenvalue weighted by atomic mass is 10.3. The highest BCUT2D eigenvalue weighted by Gasteiger charge is 2.00. The maximum Gasteiger partial charge on any atom is 0.0798 e. The second-order valence-electron chi connectivity index (χ2n) is 3.34. The van der Waals surface area contributed by atoms with Crippen LogP contribution in [0.1, 0.15) is 10.6 Å². The number of rotatable bonds is 3. The first-order chi connectivity index (χ1) is 7.25. The molecule has 0 radical (unpaired) electrons. The highest BCUT2D eigenvalue weighted by molar-refractivity contribution is 7.09. The summed E-state index contributed by atoms with van der Waals surface area (Å²) in [4.78, 5) is 5.47. The lowest BCUT2D eigenvalue weighted by molar-refractivity contribution is 1.12. The molecular weight excluding hydrogens is 206 g/mol. The minimum Gasteiger partial charge on any atom is -0.399 e. The predicted molar refractivity (Wildman–Crippen MR) is 65.0 cm³/mol. The number of hydrogen-bond acceptors (Lipinski definition) is 4. The topological polar surface area (TPSA) is 50.9 Å². The van der Waals surface area contributed by atoms with Crippen molar-refractivity contribution < 1.29 is 0 Å². The molecule has 3 nitrogen and oxygen atoms in total. The number of hydrogen-bond donors (Lipinski definition) is 2. The van der Waals surface area contributed by atoms with Crippen LogP contribution >= 0.6 is 11.3 Å². The van der Waals surface area contributed by atoms with Crippen LogP contribution in [0.4, 0.5) is 11.4 Å². The number of nitrogens with zero attached hydrogens (tertiary/aromatic N) is 1. The van der Waals surface area contributed by atoms with Crippen LogP contribution in [0.15, 0.2) is 29.8 Å². The summed E-state index contributed by atoms with van der Waals surface area (Å²) < 4.78 is 0. The van der Waals surface area contributed by atoms with E-state index < -0.39 is 0 Å². The van der Waals surface area contributed by atoms with Gasteiger partial charge in [0.25, 0.3) is 0 Å². The predicted octanol–water partition coefficient (Wildman–Crippen LogP) is 2.65. The Hall–Kier alpha value is -1.55. The van der Waals surface area contributed by atoms with Crippen LogP contribution in [0, 0.1) is 6.92 Å². The van der Waals surface area contributed by atoms with E-state index in [4.69, 9.17) is 5.73 Å². The molecule has 1 aromatic heterocycles. The van der Waals surface area contributed by atoms with Crippen molar-refractivity contribution in [3.8, 4) is 0 Å². The van der Waals surface area contributed by atoms with Crippen molar-refractivity contribution in [3.63, 3.8) is 0 Å². The minimum absolute atomic E-state index is 0.787. The first-order valence-electron chi connectivity index (χ1n) is 4.74. The summed E-state index contributed by atoms with van der Waals surface area (Å²) in [5, 5.41) is 3.33. The second kappa shape index (κ2) is 4.31. The van der Waals surface area contributed by atoms with Gasteiger partial charge in [0.05, 0.1) is 17.7 Å². The van der Waals surface area contributed by atoms with Gasteiger partial charge in [-0.3, -0.25) is 0 Å². The quantitative estimate of drug-likeness (QED) is 0.780. The van der Waals surface area contributed by atoms with Crippen LogP contribution in [0.25, 0.3) is 0 Å². The van der Waals surface area contributed by atoms with Crippen LogP contribution in [-0.4, -0.2) is 4.98 Å². The van der Waals surface area contributed by atoms with E-state index in [1.807, 2.05) is 36.7 Å². The first-order valence-corrected chi connectivity index (χ1v) is 5.62. The van der Waals surface area contributed by atoms with Gasteiger partial charge in [-0.25, -0.2) is 4.98 Å². The monoisotopic (exact) mass is 219 g/mol. The fourth-order valence-corrected chi connectivity index (χ4v) is 2.00. The molecule has 0 saturated carbocycles. The van der Waals surface area contributed by atoms with E-state index in [1.165, 1.54) is 4.88 Å². The van der Waals surface area contributed by atoms with Gasteiger partial charge >= 0.3 is 0 Å². The average molecular weight is 219 g/mol. The van der Waals surface area contributed by atoms with Gasteiger partial charge in [-0.2, -0.15) is 0 Å². The number of nitrogens with one attached hydrogen (secondary N) is 1. The van der Waals surface area contributed by atoms with E-state index >= 15 is 0 Å². The Balaban J connectivity index is 1.99. The molecule has 0 bridgehead atoms. The Morgan fingerprint density at radius 1 is 1.33 bits per heavy atom. The number of aryl methyl sites for hydroxylation is 1. The van der Waals surface area contributed by atoms with Gasteiger partial charge in [-0.05, 0) is 31.2 Å². The molecule has 2 rings (SSSR count). The molecular formula is C11H13N3S. The van der Waals surface area contributed by atoms with E-state index in [2.05, 4.69) is 10.3 Å². The molecule has 4 heteroatoms. The Morgan fingerprint density at radius 2 is 2.07 bits per heavy atom. The summed E-state index contributed by atoms with van der Waals surface area (Å²) >= 11 is 1.67. The van der Waals surface area contributed by atoms with Crippen LogP contribution < -0.4 is 11.1 Å². The van der Waals surface area contributed by atoms with Crippen LogP contribution in [0.5, 0.6) is 0 Å². The Morgan fingerprint density at radius 3 is 2.67 bits per heavy atom. The highest BCUT2D eigenvalue weighted by Crippen LogP contribution is 2.16. The SMILES string of the molecule is Cc1ncsc1CNc1ccc(N)cc1. The lowest BCUT2D eigenvalue weighted by Gasteiger charge is -2.05. The summed E-state index contributed by atoms with van der Waals surface area (Å²) in [6, 6.07) is 7.74. The van der Waals surface area contributed by atoms with Crippen LogP contribution in [0.2, 0.25) is 0 Å². The Kier molecular flexibility index (Phi) is 2.87. The number of benzene rings is 1. The number of thiazole rings is 1. The van der Waals surface area contributed by atoms with Crippen molar-refractivity contribution in [3.05, 3.63) is 40.3 Å². The fourth-order valence-electron chi connectivity index (χ4n) is 1.28. The molecule has 2 aromatic rings. The molecule has 0 fully saturated rings. The van der Waals surface area contributed by atoms with Crippen molar-refractivity contribution in [2.24, 2.45) is 0 Å². The highest BCUT2D eigenvalue weighted by atomic mass is 32.1. The van der Waals surface area contributed by atoms with Crippen molar-refractivity contribution >= 4 is 22.7 Å². The summed E-state index contributed by atoms with van der Waals surface area (Å²) in [5.74, 6) is 0. The summed E-state index contributed by atoms with van der Waals surface area (Å²) in [6.07, 6.45) is 0. The average Bonchev–Trinajstić information content (AvgIpc) is 2.63. The molecule has 0 aliphatic rings. The van der Waals surface area contributed by atoms with Gasteiger partial charge < -0.3 is 11.1 Å². The molecule has 0 aliphatic heterocycles. The second-order valence-corrected chi connectivity index (χ2v) is 4.28. The van der Waals surface area contributed by atoms with Gasteiger partial charge in [0.2, 0.25) is 0 Å². The first kappa shape index (κ1) is 9.98. The fraction of sp³-hybridized carbons (Fsp3) is 0.182. The normalized spacial score (nSPS) is 10.2. The zero-order chi connectivity index (χ0) is 10.7. The third-order valence-corrected chi connectivity index (χ3v) is 3.14. The number of aromatic nitrogens is 1. The minimum atomic E-state index is 0.787. The molecule has 1 aromatic carbocycles. The molecule has 78 valence electrons. The summed E-state index contributed by atoms with van der Waals surface area (Å²) in [7, 11) is 0. The maximum atomic E-state index is 5.61. The van der Waals surface area contributed by atoms with Crippen LogP contribution in [0.3, 0.4) is 0 Å². The molecule has 0 spiro atoms. The van der Waals surface area contributed by atoms with Gasteiger partial charge in [0.15, 0.2) is 0 Å². The van der Waals surface area contributed by atoms with Crippen molar-refractivity contribution in [2.75, 3.05) is 11.1 Å². The van der Waals surface area contributed by atoms with E-state index in [1.54, 1.807) is 11.3 Å². The third kappa shape index (κ3) is 2.47. The van der Waals surface area contributed by atoms with Crippen molar-refractivity contribution in [1.29, 1.82) is 0 Å².